The highest BCUT2D eigenvalue weighted by molar-refractivity contribution is 5.77. The highest BCUT2D eigenvalue weighted by Gasteiger charge is 2.09. The third-order valence-electron chi connectivity index (χ3n) is 3.35. The normalized spacial score (nSPS) is 11.0. The zero-order valence-corrected chi connectivity index (χ0v) is 12.2. The number of rotatable bonds is 5. The molecule has 1 N–H and O–H groups in total. The van der Waals surface area contributed by atoms with Crippen LogP contribution in [0.25, 0.3) is 22.6 Å². The van der Waals surface area contributed by atoms with Gasteiger partial charge in [0, 0.05) is 12.1 Å². The van der Waals surface area contributed by atoms with Crippen LogP contribution in [0.2, 0.25) is 0 Å². The zero-order chi connectivity index (χ0) is 14.7. The van der Waals surface area contributed by atoms with Gasteiger partial charge in [0.05, 0.1) is 7.11 Å². The maximum Gasteiger partial charge on any atom is 0.227 e. The van der Waals surface area contributed by atoms with Gasteiger partial charge in [0.1, 0.15) is 11.3 Å². The van der Waals surface area contributed by atoms with Crippen molar-refractivity contribution < 1.29 is 9.15 Å². The number of ether oxygens (including phenoxy) is 1. The van der Waals surface area contributed by atoms with Crippen LogP contribution in [-0.4, -0.2) is 18.6 Å². The van der Waals surface area contributed by atoms with Crippen LogP contribution in [0.15, 0.2) is 46.9 Å². The average molecular weight is 282 g/mol. The Balaban J connectivity index is 1.96. The lowest BCUT2D eigenvalue weighted by Gasteiger charge is -2.00. The molecule has 0 aliphatic heterocycles. The van der Waals surface area contributed by atoms with Crippen LogP contribution in [0.1, 0.15) is 12.5 Å². The first-order valence-corrected chi connectivity index (χ1v) is 7.05. The molecule has 0 radical (unpaired) electrons. The van der Waals surface area contributed by atoms with Crippen LogP contribution >= 0.6 is 0 Å². The Morgan fingerprint density at radius 1 is 1.19 bits per heavy atom. The first kappa shape index (κ1) is 13.6. The Kier molecular flexibility index (Phi) is 3.88. The molecule has 1 heterocycles. The Hall–Kier alpha value is -2.33. The highest BCUT2D eigenvalue weighted by atomic mass is 16.5. The second-order valence-electron chi connectivity index (χ2n) is 4.83. The van der Waals surface area contributed by atoms with E-state index in [1.54, 1.807) is 7.11 Å². The lowest BCUT2D eigenvalue weighted by molar-refractivity contribution is 0.415. The fourth-order valence-electron chi connectivity index (χ4n) is 2.23. The molecule has 108 valence electrons. The summed E-state index contributed by atoms with van der Waals surface area (Å²) in [5, 5.41) is 3.31. The maximum atomic E-state index is 5.83. The number of hydrogen-bond donors (Lipinski definition) is 1. The monoisotopic (exact) mass is 282 g/mol. The van der Waals surface area contributed by atoms with E-state index >= 15 is 0 Å². The quantitative estimate of drug-likeness (QED) is 0.776. The fraction of sp³-hybridized carbons (Fsp3) is 0.235. The summed E-state index contributed by atoms with van der Waals surface area (Å²) in [4.78, 5) is 4.58. The summed E-state index contributed by atoms with van der Waals surface area (Å²) in [5.74, 6) is 1.41. The van der Waals surface area contributed by atoms with Gasteiger partial charge in [-0.15, -0.1) is 0 Å². The molecule has 0 unspecified atom stereocenters. The molecule has 4 heteroatoms. The van der Waals surface area contributed by atoms with Gasteiger partial charge in [-0.05, 0) is 42.4 Å². The van der Waals surface area contributed by atoms with Crippen molar-refractivity contribution in [2.75, 3.05) is 13.7 Å². The van der Waals surface area contributed by atoms with E-state index in [0.29, 0.717) is 5.89 Å². The molecular formula is C17H18N2O2. The number of fused-ring (bicyclic) bond motifs is 1. The van der Waals surface area contributed by atoms with Crippen molar-refractivity contribution in [1.29, 1.82) is 0 Å². The minimum atomic E-state index is 0.615. The molecule has 0 saturated heterocycles. The number of methoxy groups -OCH3 is 1. The number of nitrogens with zero attached hydrogens (tertiary/aromatic N) is 1. The highest BCUT2D eigenvalue weighted by Crippen LogP contribution is 2.27. The molecular weight excluding hydrogens is 264 g/mol. The third kappa shape index (κ3) is 2.90. The van der Waals surface area contributed by atoms with Gasteiger partial charge in [-0.3, -0.25) is 0 Å². The summed E-state index contributed by atoms with van der Waals surface area (Å²) in [7, 11) is 1.65. The van der Waals surface area contributed by atoms with Gasteiger partial charge < -0.3 is 14.5 Å². The molecule has 0 aliphatic rings. The summed E-state index contributed by atoms with van der Waals surface area (Å²) < 4.78 is 11.1. The van der Waals surface area contributed by atoms with E-state index in [2.05, 4.69) is 29.4 Å². The van der Waals surface area contributed by atoms with E-state index < -0.39 is 0 Å². The SMILES string of the molecule is CCNCc1ccc2oc(-c3cccc(OC)c3)nc2c1. The number of benzene rings is 2. The minimum Gasteiger partial charge on any atom is -0.497 e. The minimum absolute atomic E-state index is 0.615. The second-order valence-corrected chi connectivity index (χ2v) is 4.83. The molecule has 3 rings (SSSR count). The molecule has 0 bridgehead atoms. The Morgan fingerprint density at radius 2 is 2.10 bits per heavy atom. The summed E-state index contributed by atoms with van der Waals surface area (Å²) in [6, 6.07) is 13.8. The zero-order valence-electron chi connectivity index (χ0n) is 12.2. The van der Waals surface area contributed by atoms with E-state index in [9.17, 15) is 0 Å². The van der Waals surface area contributed by atoms with Crippen molar-refractivity contribution in [2.45, 2.75) is 13.5 Å². The standard InChI is InChI=1S/C17H18N2O2/c1-3-18-11-12-7-8-16-15(9-12)19-17(21-16)13-5-4-6-14(10-13)20-2/h4-10,18H,3,11H2,1-2H3. The molecule has 0 aliphatic carbocycles. The van der Waals surface area contributed by atoms with Crippen molar-refractivity contribution in [1.82, 2.24) is 10.3 Å². The summed E-state index contributed by atoms with van der Waals surface area (Å²) in [5.41, 5.74) is 3.80. The molecule has 3 aromatic rings. The number of aromatic nitrogens is 1. The molecule has 21 heavy (non-hydrogen) atoms. The van der Waals surface area contributed by atoms with Crippen molar-refractivity contribution in [3.05, 3.63) is 48.0 Å². The van der Waals surface area contributed by atoms with E-state index in [1.165, 1.54) is 5.56 Å². The number of oxazole rings is 1. The molecule has 2 aromatic carbocycles. The van der Waals surface area contributed by atoms with Gasteiger partial charge in [0.25, 0.3) is 0 Å². The molecule has 0 spiro atoms. The summed E-state index contributed by atoms with van der Waals surface area (Å²) >= 11 is 0. The number of nitrogens with one attached hydrogen (secondary N) is 1. The lowest BCUT2D eigenvalue weighted by atomic mass is 10.2. The van der Waals surface area contributed by atoms with Gasteiger partial charge in [0.2, 0.25) is 5.89 Å². The van der Waals surface area contributed by atoms with Gasteiger partial charge in [-0.1, -0.05) is 19.1 Å². The molecule has 0 atom stereocenters. The predicted molar refractivity (Wildman–Crippen MR) is 83.4 cm³/mol. The van der Waals surface area contributed by atoms with Crippen LogP contribution in [0.4, 0.5) is 0 Å². The van der Waals surface area contributed by atoms with Crippen LogP contribution in [0.5, 0.6) is 5.75 Å². The molecule has 0 fully saturated rings. The van der Waals surface area contributed by atoms with E-state index in [1.807, 2.05) is 30.3 Å². The largest absolute Gasteiger partial charge is 0.497 e. The van der Waals surface area contributed by atoms with E-state index in [4.69, 9.17) is 9.15 Å². The first-order valence-electron chi connectivity index (χ1n) is 7.05. The maximum absolute atomic E-state index is 5.83. The van der Waals surface area contributed by atoms with Gasteiger partial charge >= 0.3 is 0 Å². The van der Waals surface area contributed by atoms with Gasteiger partial charge in [-0.2, -0.15) is 0 Å². The number of hydrogen-bond acceptors (Lipinski definition) is 4. The third-order valence-corrected chi connectivity index (χ3v) is 3.35. The van der Waals surface area contributed by atoms with Gasteiger partial charge in [0.15, 0.2) is 5.58 Å². The summed E-state index contributed by atoms with van der Waals surface area (Å²) in [6.07, 6.45) is 0. The van der Waals surface area contributed by atoms with E-state index in [-0.39, 0.29) is 0 Å². The smallest absolute Gasteiger partial charge is 0.227 e. The second kappa shape index (κ2) is 5.97. The lowest BCUT2D eigenvalue weighted by Crippen LogP contribution is -2.11. The van der Waals surface area contributed by atoms with Gasteiger partial charge in [-0.25, -0.2) is 4.98 Å². The fourth-order valence-corrected chi connectivity index (χ4v) is 2.23. The van der Waals surface area contributed by atoms with Crippen LogP contribution < -0.4 is 10.1 Å². The summed E-state index contributed by atoms with van der Waals surface area (Å²) in [6.45, 7) is 3.88. The van der Waals surface area contributed by atoms with Crippen molar-refractivity contribution in [3.63, 3.8) is 0 Å². The topological polar surface area (TPSA) is 47.3 Å². The first-order chi connectivity index (χ1) is 10.3. The Bertz CT molecular complexity index is 749. The van der Waals surface area contributed by atoms with E-state index in [0.717, 1.165) is 35.5 Å². The van der Waals surface area contributed by atoms with Crippen LogP contribution in [0.3, 0.4) is 0 Å². The average Bonchev–Trinajstić information content (AvgIpc) is 2.96. The van der Waals surface area contributed by atoms with Crippen molar-refractivity contribution >= 4 is 11.1 Å². The Morgan fingerprint density at radius 3 is 2.90 bits per heavy atom. The Labute approximate surface area is 123 Å². The molecule has 0 saturated carbocycles. The molecule has 0 amide bonds. The van der Waals surface area contributed by atoms with Crippen molar-refractivity contribution in [3.8, 4) is 17.2 Å². The molecule has 1 aromatic heterocycles. The van der Waals surface area contributed by atoms with Crippen LogP contribution in [-0.2, 0) is 6.54 Å². The van der Waals surface area contributed by atoms with Crippen molar-refractivity contribution in [2.24, 2.45) is 0 Å². The van der Waals surface area contributed by atoms with Crippen LogP contribution in [0, 0.1) is 0 Å². The predicted octanol–water partition coefficient (Wildman–Crippen LogP) is 3.61. The molecule has 4 nitrogen and oxygen atoms in total.